The lowest BCUT2D eigenvalue weighted by Gasteiger charge is -2.33. The summed E-state index contributed by atoms with van der Waals surface area (Å²) in [7, 11) is 0. The third-order valence-corrected chi connectivity index (χ3v) is 5.70. The SMILES string of the molecule is O=C(Cc1csc(-c2ccccc2)n1)NCC(c1ccco1)N1CCOCC1. The van der Waals surface area contributed by atoms with Gasteiger partial charge < -0.3 is 14.5 Å². The predicted molar refractivity (Wildman–Crippen MR) is 108 cm³/mol. The van der Waals surface area contributed by atoms with E-state index < -0.39 is 0 Å². The van der Waals surface area contributed by atoms with Crippen LogP contribution in [0.3, 0.4) is 0 Å². The molecule has 4 rings (SSSR count). The molecule has 3 heterocycles. The minimum absolute atomic E-state index is 0.0122. The van der Waals surface area contributed by atoms with Gasteiger partial charge in [-0.1, -0.05) is 30.3 Å². The molecule has 1 atom stereocenters. The fourth-order valence-electron chi connectivity index (χ4n) is 3.32. The number of furan rings is 1. The second-order valence-corrected chi connectivity index (χ2v) is 7.53. The van der Waals surface area contributed by atoms with E-state index in [9.17, 15) is 4.79 Å². The van der Waals surface area contributed by atoms with Crippen LogP contribution >= 0.6 is 11.3 Å². The molecule has 1 aromatic carbocycles. The smallest absolute Gasteiger partial charge is 0.226 e. The third-order valence-electron chi connectivity index (χ3n) is 4.76. The molecule has 0 spiro atoms. The van der Waals surface area contributed by atoms with E-state index in [0.29, 0.717) is 19.8 Å². The molecular weight excluding hydrogens is 374 g/mol. The van der Waals surface area contributed by atoms with Crippen molar-refractivity contribution in [3.63, 3.8) is 0 Å². The number of carbonyl (C=O) groups excluding carboxylic acids is 1. The molecule has 146 valence electrons. The molecular formula is C21H23N3O3S. The summed E-state index contributed by atoms with van der Waals surface area (Å²) in [4.78, 5) is 19.4. The van der Waals surface area contributed by atoms with E-state index in [2.05, 4.69) is 15.2 Å². The lowest BCUT2D eigenvalue weighted by Crippen LogP contribution is -2.44. The van der Waals surface area contributed by atoms with Gasteiger partial charge in [-0.15, -0.1) is 11.3 Å². The number of amides is 1. The number of hydrogen-bond donors (Lipinski definition) is 1. The van der Waals surface area contributed by atoms with E-state index in [-0.39, 0.29) is 18.4 Å². The van der Waals surface area contributed by atoms with Crippen LogP contribution in [0, 0.1) is 0 Å². The fraction of sp³-hybridized carbons (Fsp3) is 0.333. The third kappa shape index (κ3) is 4.67. The highest BCUT2D eigenvalue weighted by Gasteiger charge is 2.25. The van der Waals surface area contributed by atoms with Crippen LogP contribution in [-0.2, 0) is 16.0 Å². The fourth-order valence-corrected chi connectivity index (χ4v) is 4.14. The van der Waals surface area contributed by atoms with Crippen LogP contribution in [0.25, 0.3) is 10.6 Å². The van der Waals surface area contributed by atoms with Gasteiger partial charge in [0.05, 0.1) is 37.6 Å². The summed E-state index contributed by atoms with van der Waals surface area (Å²) in [6.45, 7) is 3.56. The Bertz CT molecular complexity index is 873. The van der Waals surface area contributed by atoms with E-state index in [4.69, 9.17) is 9.15 Å². The molecule has 1 aliphatic heterocycles. The van der Waals surface area contributed by atoms with E-state index in [1.165, 1.54) is 0 Å². The highest BCUT2D eigenvalue weighted by atomic mass is 32.1. The number of carbonyl (C=O) groups is 1. The zero-order chi connectivity index (χ0) is 19.2. The Balaban J connectivity index is 1.35. The van der Waals surface area contributed by atoms with Crippen molar-refractivity contribution in [1.29, 1.82) is 0 Å². The Morgan fingerprint density at radius 3 is 2.75 bits per heavy atom. The molecule has 2 aromatic heterocycles. The summed E-state index contributed by atoms with van der Waals surface area (Å²) in [6.07, 6.45) is 1.95. The van der Waals surface area contributed by atoms with Crippen LogP contribution in [-0.4, -0.2) is 48.6 Å². The molecule has 1 N–H and O–H groups in total. The van der Waals surface area contributed by atoms with E-state index in [1.54, 1.807) is 17.6 Å². The number of thiazole rings is 1. The number of hydrogen-bond acceptors (Lipinski definition) is 6. The van der Waals surface area contributed by atoms with Crippen LogP contribution in [0.15, 0.2) is 58.5 Å². The number of rotatable bonds is 7. The lowest BCUT2D eigenvalue weighted by atomic mass is 10.1. The summed E-state index contributed by atoms with van der Waals surface area (Å²) in [6, 6.07) is 13.9. The maximum Gasteiger partial charge on any atom is 0.226 e. The van der Waals surface area contributed by atoms with E-state index >= 15 is 0 Å². The van der Waals surface area contributed by atoms with Gasteiger partial charge in [0.25, 0.3) is 0 Å². The second kappa shape index (κ2) is 9.14. The molecule has 0 bridgehead atoms. The van der Waals surface area contributed by atoms with Gasteiger partial charge in [-0.05, 0) is 12.1 Å². The van der Waals surface area contributed by atoms with Crippen molar-refractivity contribution in [2.24, 2.45) is 0 Å². The van der Waals surface area contributed by atoms with Crippen LogP contribution < -0.4 is 5.32 Å². The number of benzene rings is 1. The number of aromatic nitrogens is 1. The molecule has 6 nitrogen and oxygen atoms in total. The summed E-state index contributed by atoms with van der Waals surface area (Å²) in [5.74, 6) is 0.831. The molecule has 0 saturated carbocycles. The Labute approximate surface area is 168 Å². The maximum atomic E-state index is 12.5. The van der Waals surface area contributed by atoms with Crippen molar-refractivity contribution in [1.82, 2.24) is 15.2 Å². The standard InChI is InChI=1S/C21H23N3O3S/c25-20(13-17-15-28-21(23-17)16-5-2-1-3-6-16)22-14-18(19-7-4-10-27-19)24-8-11-26-12-9-24/h1-7,10,15,18H,8-9,11-14H2,(H,22,25). The summed E-state index contributed by atoms with van der Waals surface area (Å²) >= 11 is 1.56. The number of nitrogens with one attached hydrogen (secondary N) is 1. The van der Waals surface area contributed by atoms with Gasteiger partial charge in [-0.2, -0.15) is 0 Å². The molecule has 7 heteroatoms. The van der Waals surface area contributed by atoms with Gasteiger partial charge in [0.1, 0.15) is 10.8 Å². The van der Waals surface area contributed by atoms with Crippen LogP contribution in [0.1, 0.15) is 17.5 Å². The monoisotopic (exact) mass is 397 g/mol. The molecule has 1 aliphatic rings. The molecule has 1 saturated heterocycles. The molecule has 3 aromatic rings. The zero-order valence-electron chi connectivity index (χ0n) is 15.5. The average molecular weight is 398 g/mol. The maximum absolute atomic E-state index is 12.5. The highest BCUT2D eigenvalue weighted by Crippen LogP contribution is 2.24. The highest BCUT2D eigenvalue weighted by molar-refractivity contribution is 7.13. The minimum atomic E-state index is -0.0327. The number of ether oxygens (including phenoxy) is 1. The average Bonchev–Trinajstić information content (AvgIpc) is 3.42. The molecule has 0 radical (unpaired) electrons. The first kappa shape index (κ1) is 18.9. The first-order chi connectivity index (χ1) is 13.8. The van der Waals surface area contributed by atoms with Gasteiger partial charge in [0.15, 0.2) is 0 Å². The quantitative estimate of drug-likeness (QED) is 0.663. The van der Waals surface area contributed by atoms with Gasteiger partial charge in [0, 0.05) is 30.6 Å². The Hall–Kier alpha value is -2.48. The van der Waals surface area contributed by atoms with E-state index in [0.717, 1.165) is 35.1 Å². The van der Waals surface area contributed by atoms with Gasteiger partial charge in [-0.25, -0.2) is 4.98 Å². The molecule has 1 amide bonds. The predicted octanol–water partition coefficient (Wildman–Crippen LogP) is 3.14. The summed E-state index contributed by atoms with van der Waals surface area (Å²) < 4.78 is 11.1. The van der Waals surface area contributed by atoms with Crippen molar-refractivity contribution < 1.29 is 13.9 Å². The Morgan fingerprint density at radius 1 is 1.18 bits per heavy atom. The van der Waals surface area contributed by atoms with Crippen molar-refractivity contribution in [2.75, 3.05) is 32.8 Å². The van der Waals surface area contributed by atoms with Crippen LogP contribution in [0.2, 0.25) is 0 Å². The lowest BCUT2D eigenvalue weighted by molar-refractivity contribution is -0.120. The Kier molecular flexibility index (Phi) is 6.16. The van der Waals surface area contributed by atoms with Gasteiger partial charge in [-0.3, -0.25) is 9.69 Å². The normalized spacial score (nSPS) is 16.0. The Morgan fingerprint density at radius 2 is 2.00 bits per heavy atom. The van der Waals surface area contributed by atoms with Crippen molar-refractivity contribution in [3.05, 3.63) is 65.6 Å². The number of morpholine rings is 1. The zero-order valence-corrected chi connectivity index (χ0v) is 16.4. The van der Waals surface area contributed by atoms with Crippen molar-refractivity contribution in [3.8, 4) is 10.6 Å². The molecule has 1 unspecified atom stereocenters. The van der Waals surface area contributed by atoms with Crippen molar-refractivity contribution >= 4 is 17.2 Å². The van der Waals surface area contributed by atoms with Crippen molar-refractivity contribution in [2.45, 2.75) is 12.5 Å². The molecule has 28 heavy (non-hydrogen) atoms. The van der Waals surface area contributed by atoms with Gasteiger partial charge >= 0.3 is 0 Å². The molecule has 1 fully saturated rings. The first-order valence-electron chi connectivity index (χ1n) is 9.41. The van der Waals surface area contributed by atoms with E-state index in [1.807, 2.05) is 47.8 Å². The molecule has 0 aliphatic carbocycles. The number of nitrogens with zero attached hydrogens (tertiary/aromatic N) is 2. The van der Waals surface area contributed by atoms with Crippen LogP contribution in [0.5, 0.6) is 0 Å². The largest absolute Gasteiger partial charge is 0.468 e. The van der Waals surface area contributed by atoms with Gasteiger partial charge in [0.2, 0.25) is 5.91 Å². The minimum Gasteiger partial charge on any atom is -0.468 e. The summed E-state index contributed by atoms with van der Waals surface area (Å²) in [5.41, 5.74) is 1.87. The topological polar surface area (TPSA) is 67.6 Å². The summed E-state index contributed by atoms with van der Waals surface area (Å²) in [5, 5.41) is 5.94. The first-order valence-corrected chi connectivity index (χ1v) is 10.3. The second-order valence-electron chi connectivity index (χ2n) is 6.67. The van der Waals surface area contributed by atoms with Crippen LogP contribution in [0.4, 0.5) is 0 Å².